The van der Waals surface area contributed by atoms with Crippen molar-refractivity contribution in [2.24, 2.45) is 0 Å². The van der Waals surface area contributed by atoms with Crippen LogP contribution in [0, 0.1) is 5.82 Å². The van der Waals surface area contributed by atoms with Crippen LogP contribution in [0.1, 0.15) is 20.8 Å². The molecule has 0 amide bonds. The minimum absolute atomic E-state index is 0.0488. The molecule has 4 heteroatoms. The quantitative estimate of drug-likeness (QED) is 0.515. The van der Waals surface area contributed by atoms with Crippen LogP contribution in [-0.2, 0) is 0 Å². The molecule has 1 aromatic rings. The molecule has 0 fully saturated rings. The van der Waals surface area contributed by atoms with Gasteiger partial charge >= 0.3 is 0 Å². The standard InChI is InChI=1S/C12H17Br2FSi/c1-4-16(5-2,6-3)12-10(15)8-7-9(13)11(12)14/h7-8H,4-6H2,1-3H3. The smallest absolute Gasteiger partial charge is 0.123 e. The van der Waals surface area contributed by atoms with E-state index >= 15 is 0 Å². The van der Waals surface area contributed by atoms with Crippen molar-refractivity contribution in [1.29, 1.82) is 0 Å². The third kappa shape index (κ3) is 2.43. The molecular weight excluding hydrogens is 351 g/mol. The van der Waals surface area contributed by atoms with Gasteiger partial charge in [-0.2, -0.15) is 0 Å². The van der Waals surface area contributed by atoms with Crippen LogP contribution in [0.15, 0.2) is 21.1 Å². The lowest BCUT2D eigenvalue weighted by Crippen LogP contribution is -2.48. The highest BCUT2D eigenvalue weighted by atomic mass is 79.9. The van der Waals surface area contributed by atoms with Gasteiger partial charge in [0.1, 0.15) is 5.82 Å². The van der Waals surface area contributed by atoms with E-state index in [0.29, 0.717) is 0 Å². The van der Waals surface area contributed by atoms with E-state index in [1.54, 1.807) is 12.1 Å². The first kappa shape index (κ1) is 14.4. The molecule has 1 aromatic carbocycles. The zero-order valence-corrected chi connectivity index (χ0v) is 14.1. The number of benzene rings is 1. The second kappa shape index (κ2) is 5.78. The average Bonchev–Trinajstić information content (AvgIpc) is 2.30. The van der Waals surface area contributed by atoms with Crippen molar-refractivity contribution >= 4 is 45.1 Å². The molecule has 0 radical (unpaired) electrons. The Kier molecular flexibility index (Phi) is 5.20. The summed E-state index contributed by atoms with van der Waals surface area (Å²) in [6.07, 6.45) is 0. The fraction of sp³-hybridized carbons (Fsp3) is 0.500. The van der Waals surface area contributed by atoms with E-state index in [1.807, 2.05) is 0 Å². The molecule has 0 aromatic heterocycles. The maximum Gasteiger partial charge on any atom is 0.123 e. The summed E-state index contributed by atoms with van der Waals surface area (Å²) in [5.74, 6) is -0.0488. The van der Waals surface area contributed by atoms with Crippen LogP contribution in [0.4, 0.5) is 4.39 Å². The lowest BCUT2D eigenvalue weighted by molar-refractivity contribution is 0.633. The van der Waals surface area contributed by atoms with Crippen molar-refractivity contribution < 1.29 is 4.39 Å². The van der Waals surface area contributed by atoms with E-state index in [-0.39, 0.29) is 5.82 Å². The van der Waals surface area contributed by atoms with Crippen molar-refractivity contribution in [3.63, 3.8) is 0 Å². The van der Waals surface area contributed by atoms with E-state index in [0.717, 1.165) is 32.3 Å². The predicted octanol–water partition coefficient (Wildman–Crippen LogP) is 5.07. The normalized spacial score (nSPS) is 11.9. The number of rotatable bonds is 4. The third-order valence-electron chi connectivity index (χ3n) is 3.60. The molecule has 1 rings (SSSR count). The van der Waals surface area contributed by atoms with Gasteiger partial charge in [0.2, 0.25) is 0 Å². The van der Waals surface area contributed by atoms with Gasteiger partial charge < -0.3 is 0 Å². The average molecular weight is 368 g/mol. The van der Waals surface area contributed by atoms with E-state index in [1.165, 1.54) is 0 Å². The fourth-order valence-electron chi connectivity index (χ4n) is 2.29. The van der Waals surface area contributed by atoms with Crippen molar-refractivity contribution in [3.05, 3.63) is 26.9 Å². The summed E-state index contributed by atoms with van der Waals surface area (Å²) in [7, 11) is -1.67. The van der Waals surface area contributed by atoms with Gasteiger partial charge in [0.05, 0.1) is 8.07 Å². The van der Waals surface area contributed by atoms with Crippen LogP contribution in [0.2, 0.25) is 18.1 Å². The largest absolute Gasteiger partial charge is 0.207 e. The highest BCUT2D eigenvalue weighted by Crippen LogP contribution is 2.29. The Morgan fingerprint density at radius 1 is 1.06 bits per heavy atom. The van der Waals surface area contributed by atoms with Crippen LogP contribution in [0.25, 0.3) is 0 Å². The summed E-state index contributed by atoms with van der Waals surface area (Å²) in [5, 5.41) is 0.953. The first-order valence-corrected chi connectivity index (χ1v) is 9.87. The highest BCUT2D eigenvalue weighted by molar-refractivity contribution is 9.13. The SMILES string of the molecule is CC[Si](CC)(CC)c1c(F)ccc(Br)c1Br. The molecule has 0 N–H and O–H groups in total. The number of hydrogen-bond donors (Lipinski definition) is 0. The van der Waals surface area contributed by atoms with Gasteiger partial charge in [-0.3, -0.25) is 0 Å². The molecule has 16 heavy (non-hydrogen) atoms. The molecule has 0 heterocycles. The second-order valence-electron chi connectivity index (χ2n) is 4.06. The lowest BCUT2D eigenvalue weighted by atomic mass is 10.3. The Hall–Kier alpha value is 0.327. The Morgan fingerprint density at radius 2 is 1.56 bits per heavy atom. The maximum absolute atomic E-state index is 14.1. The van der Waals surface area contributed by atoms with Gasteiger partial charge in [0.25, 0.3) is 0 Å². The first-order chi connectivity index (χ1) is 7.52. The van der Waals surface area contributed by atoms with Gasteiger partial charge in [-0.25, -0.2) is 4.39 Å². The van der Waals surface area contributed by atoms with E-state index < -0.39 is 8.07 Å². The van der Waals surface area contributed by atoms with Crippen molar-refractivity contribution in [1.82, 2.24) is 0 Å². The highest BCUT2D eigenvalue weighted by Gasteiger charge is 2.34. The molecule has 0 bridgehead atoms. The molecule has 0 spiro atoms. The molecule has 0 saturated heterocycles. The van der Waals surface area contributed by atoms with Crippen LogP contribution < -0.4 is 5.19 Å². The van der Waals surface area contributed by atoms with Gasteiger partial charge in [-0.1, -0.05) is 38.9 Å². The summed E-state index contributed by atoms with van der Waals surface area (Å²) in [5.41, 5.74) is 0. The molecule has 0 aliphatic rings. The Labute approximate surface area is 115 Å². The van der Waals surface area contributed by atoms with Crippen LogP contribution >= 0.6 is 31.9 Å². The minimum Gasteiger partial charge on any atom is -0.207 e. The van der Waals surface area contributed by atoms with E-state index in [9.17, 15) is 4.39 Å². The second-order valence-corrected chi connectivity index (χ2v) is 10.9. The molecule has 0 atom stereocenters. The Balaban J connectivity index is 3.45. The molecule has 0 nitrogen and oxygen atoms in total. The van der Waals surface area contributed by atoms with Gasteiger partial charge in [-0.15, -0.1) is 0 Å². The van der Waals surface area contributed by atoms with E-state index in [2.05, 4.69) is 52.6 Å². The van der Waals surface area contributed by atoms with Crippen molar-refractivity contribution in [3.8, 4) is 0 Å². The molecule has 0 aliphatic carbocycles. The minimum atomic E-state index is -1.67. The number of hydrogen-bond acceptors (Lipinski definition) is 0. The van der Waals surface area contributed by atoms with Crippen molar-refractivity contribution in [2.75, 3.05) is 0 Å². The Bertz CT molecular complexity index is 367. The van der Waals surface area contributed by atoms with Gasteiger partial charge in [0.15, 0.2) is 0 Å². The zero-order valence-electron chi connectivity index (χ0n) is 9.91. The lowest BCUT2D eigenvalue weighted by Gasteiger charge is -2.30. The molecule has 0 saturated carbocycles. The maximum atomic E-state index is 14.1. The monoisotopic (exact) mass is 366 g/mol. The van der Waals surface area contributed by atoms with Crippen molar-refractivity contribution in [2.45, 2.75) is 38.9 Å². The topological polar surface area (TPSA) is 0 Å². The molecule has 90 valence electrons. The zero-order chi connectivity index (χ0) is 12.3. The molecule has 0 unspecified atom stereocenters. The first-order valence-electron chi connectivity index (χ1n) is 5.66. The summed E-state index contributed by atoms with van der Waals surface area (Å²) in [6.45, 7) is 6.56. The van der Waals surface area contributed by atoms with E-state index in [4.69, 9.17) is 0 Å². The summed E-state index contributed by atoms with van der Waals surface area (Å²) >= 11 is 7.01. The van der Waals surface area contributed by atoms with Crippen LogP contribution in [0.3, 0.4) is 0 Å². The summed E-state index contributed by atoms with van der Waals surface area (Å²) < 4.78 is 15.9. The summed E-state index contributed by atoms with van der Waals surface area (Å²) in [6, 6.07) is 6.61. The fourth-order valence-corrected chi connectivity index (χ4v) is 8.14. The summed E-state index contributed by atoms with van der Waals surface area (Å²) in [4.78, 5) is 0. The van der Waals surface area contributed by atoms with Crippen LogP contribution in [-0.4, -0.2) is 8.07 Å². The third-order valence-corrected chi connectivity index (χ3v) is 11.6. The van der Waals surface area contributed by atoms with Gasteiger partial charge in [-0.05, 0) is 49.2 Å². The predicted molar refractivity (Wildman–Crippen MR) is 78.6 cm³/mol. The number of halogens is 3. The van der Waals surface area contributed by atoms with Crippen LogP contribution in [0.5, 0.6) is 0 Å². The van der Waals surface area contributed by atoms with Gasteiger partial charge in [0, 0.05) is 8.95 Å². The molecular formula is C12H17Br2FSi. The Morgan fingerprint density at radius 3 is 2.00 bits per heavy atom. The molecule has 0 aliphatic heterocycles.